The third-order valence-electron chi connectivity index (χ3n) is 3.75. The number of carbonyl (C=O) groups is 1. The Bertz CT molecular complexity index is 309. The quantitative estimate of drug-likeness (QED) is 0.715. The predicted octanol–water partition coefficient (Wildman–Crippen LogP) is 0.889. The SMILES string of the molecule is CC1(C)CC(N2CC(O)CC2=O)CC(C)(C)N1. The first-order chi connectivity index (χ1) is 7.69. The number of likely N-dealkylation sites (tertiary alicyclic amines) is 1. The Hall–Kier alpha value is -0.610. The van der Waals surface area contributed by atoms with Crippen molar-refractivity contribution in [1.29, 1.82) is 0 Å². The molecule has 2 heterocycles. The number of hydrogen-bond donors (Lipinski definition) is 2. The molecule has 0 aromatic heterocycles. The number of hydrogen-bond acceptors (Lipinski definition) is 3. The second-order valence-corrected chi connectivity index (χ2v) is 6.86. The molecule has 0 saturated carbocycles. The maximum Gasteiger partial charge on any atom is 0.225 e. The van der Waals surface area contributed by atoms with Crippen molar-refractivity contribution in [3.63, 3.8) is 0 Å². The molecule has 2 fully saturated rings. The van der Waals surface area contributed by atoms with Crippen LogP contribution in [0.25, 0.3) is 0 Å². The maximum atomic E-state index is 11.9. The summed E-state index contributed by atoms with van der Waals surface area (Å²) in [5.41, 5.74) is 0.0838. The Kier molecular flexibility index (Phi) is 2.99. The van der Waals surface area contributed by atoms with Crippen LogP contribution in [0.15, 0.2) is 0 Å². The lowest BCUT2D eigenvalue weighted by Gasteiger charge is -2.49. The van der Waals surface area contributed by atoms with E-state index in [4.69, 9.17) is 0 Å². The average Bonchev–Trinajstić information content (AvgIpc) is 2.39. The van der Waals surface area contributed by atoms with Gasteiger partial charge in [-0.15, -0.1) is 0 Å². The number of aliphatic hydroxyl groups excluding tert-OH is 1. The third-order valence-corrected chi connectivity index (χ3v) is 3.75. The van der Waals surface area contributed by atoms with Crippen molar-refractivity contribution in [2.24, 2.45) is 0 Å². The van der Waals surface area contributed by atoms with Gasteiger partial charge in [-0.3, -0.25) is 4.79 Å². The lowest BCUT2D eigenvalue weighted by molar-refractivity contribution is -0.131. The van der Waals surface area contributed by atoms with Crippen LogP contribution in [0.2, 0.25) is 0 Å². The fourth-order valence-corrected chi connectivity index (χ4v) is 3.55. The number of β-amino-alcohol motifs (C(OH)–C–C–N with tert-alkyl or cyclic N) is 1. The third kappa shape index (κ3) is 2.80. The minimum atomic E-state index is -0.469. The van der Waals surface area contributed by atoms with Crippen LogP contribution in [0.4, 0.5) is 0 Å². The Labute approximate surface area is 103 Å². The highest BCUT2D eigenvalue weighted by atomic mass is 16.3. The number of amides is 1. The van der Waals surface area contributed by atoms with Crippen LogP contribution in [0.3, 0.4) is 0 Å². The first kappa shape index (κ1) is 12.8. The molecule has 0 aromatic rings. The van der Waals surface area contributed by atoms with Gasteiger partial charge in [-0.2, -0.15) is 0 Å². The monoisotopic (exact) mass is 240 g/mol. The van der Waals surface area contributed by atoms with Crippen LogP contribution in [0, 0.1) is 0 Å². The number of nitrogens with one attached hydrogen (secondary N) is 1. The van der Waals surface area contributed by atoms with Crippen molar-refractivity contribution in [3.8, 4) is 0 Å². The smallest absolute Gasteiger partial charge is 0.225 e. The zero-order valence-electron chi connectivity index (χ0n) is 11.3. The molecule has 0 aromatic carbocycles. The topological polar surface area (TPSA) is 52.6 Å². The van der Waals surface area contributed by atoms with Gasteiger partial charge in [0.25, 0.3) is 0 Å². The first-order valence-corrected chi connectivity index (χ1v) is 6.45. The highest BCUT2D eigenvalue weighted by Crippen LogP contribution is 2.33. The van der Waals surface area contributed by atoms with Gasteiger partial charge in [0.1, 0.15) is 0 Å². The van der Waals surface area contributed by atoms with Gasteiger partial charge in [-0.25, -0.2) is 0 Å². The summed E-state index contributed by atoms with van der Waals surface area (Å²) in [5.74, 6) is 0.107. The molecule has 0 aliphatic carbocycles. The molecule has 2 N–H and O–H groups in total. The fourth-order valence-electron chi connectivity index (χ4n) is 3.55. The molecule has 4 nitrogen and oxygen atoms in total. The van der Waals surface area contributed by atoms with E-state index < -0.39 is 6.10 Å². The molecule has 2 aliphatic heterocycles. The lowest BCUT2D eigenvalue weighted by Crippen LogP contribution is -2.62. The molecule has 17 heavy (non-hydrogen) atoms. The average molecular weight is 240 g/mol. The summed E-state index contributed by atoms with van der Waals surface area (Å²) in [7, 11) is 0. The molecular weight excluding hydrogens is 216 g/mol. The molecule has 2 aliphatic rings. The lowest BCUT2D eigenvalue weighted by atomic mass is 9.79. The van der Waals surface area contributed by atoms with E-state index in [2.05, 4.69) is 33.0 Å². The molecule has 4 heteroatoms. The van der Waals surface area contributed by atoms with Gasteiger partial charge in [-0.05, 0) is 40.5 Å². The molecule has 2 saturated heterocycles. The summed E-state index contributed by atoms with van der Waals surface area (Å²) in [6.07, 6.45) is 1.73. The minimum Gasteiger partial charge on any atom is -0.391 e. The molecule has 0 radical (unpaired) electrons. The summed E-state index contributed by atoms with van der Waals surface area (Å²) >= 11 is 0. The second kappa shape index (κ2) is 3.95. The predicted molar refractivity (Wildman–Crippen MR) is 66.7 cm³/mol. The summed E-state index contributed by atoms with van der Waals surface area (Å²) in [4.78, 5) is 13.7. The van der Waals surface area contributed by atoms with Crippen molar-refractivity contribution in [3.05, 3.63) is 0 Å². The fraction of sp³-hybridized carbons (Fsp3) is 0.923. The standard InChI is InChI=1S/C13H24N2O2/c1-12(2)6-9(7-13(3,4)14-12)15-8-10(16)5-11(15)17/h9-10,14,16H,5-8H2,1-4H3. The van der Waals surface area contributed by atoms with E-state index in [0.29, 0.717) is 13.0 Å². The summed E-state index contributed by atoms with van der Waals surface area (Å²) in [6.45, 7) is 9.22. The van der Waals surface area contributed by atoms with E-state index >= 15 is 0 Å². The van der Waals surface area contributed by atoms with Crippen LogP contribution in [0.1, 0.15) is 47.0 Å². The van der Waals surface area contributed by atoms with Crippen LogP contribution in [0.5, 0.6) is 0 Å². The van der Waals surface area contributed by atoms with E-state index in [1.54, 1.807) is 0 Å². The van der Waals surface area contributed by atoms with Gasteiger partial charge in [0.15, 0.2) is 0 Å². The van der Waals surface area contributed by atoms with Gasteiger partial charge in [0.05, 0.1) is 12.5 Å². The van der Waals surface area contributed by atoms with Crippen molar-refractivity contribution in [2.45, 2.75) is 70.2 Å². The highest BCUT2D eigenvalue weighted by Gasteiger charge is 2.43. The Morgan fingerprint density at radius 2 is 1.76 bits per heavy atom. The maximum absolute atomic E-state index is 11.9. The summed E-state index contributed by atoms with van der Waals surface area (Å²) in [5, 5.41) is 13.2. The Balaban J connectivity index is 2.13. The van der Waals surface area contributed by atoms with Crippen LogP contribution >= 0.6 is 0 Å². The van der Waals surface area contributed by atoms with Crippen LogP contribution in [-0.2, 0) is 4.79 Å². The molecule has 0 bridgehead atoms. The van der Waals surface area contributed by atoms with E-state index in [0.717, 1.165) is 12.8 Å². The number of carbonyl (C=O) groups excluding carboxylic acids is 1. The number of aliphatic hydroxyl groups is 1. The molecule has 1 atom stereocenters. The first-order valence-electron chi connectivity index (χ1n) is 6.45. The summed E-state index contributed by atoms with van der Waals surface area (Å²) in [6, 6.07) is 0.255. The van der Waals surface area contributed by atoms with E-state index in [1.165, 1.54) is 0 Å². The van der Waals surface area contributed by atoms with Crippen molar-refractivity contribution in [1.82, 2.24) is 10.2 Å². The number of rotatable bonds is 1. The molecule has 1 amide bonds. The van der Waals surface area contributed by atoms with E-state index in [-0.39, 0.29) is 23.0 Å². The normalized spacial score (nSPS) is 33.1. The van der Waals surface area contributed by atoms with Gasteiger partial charge in [0, 0.05) is 23.7 Å². The highest BCUT2D eigenvalue weighted by molar-refractivity contribution is 5.79. The Morgan fingerprint density at radius 3 is 2.18 bits per heavy atom. The number of nitrogens with zero attached hydrogens (tertiary/aromatic N) is 1. The molecule has 2 rings (SSSR count). The van der Waals surface area contributed by atoms with Crippen molar-refractivity contribution in [2.75, 3.05) is 6.54 Å². The van der Waals surface area contributed by atoms with E-state index in [9.17, 15) is 9.90 Å². The molecule has 98 valence electrons. The number of piperidine rings is 1. The largest absolute Gasteiger partial charge is 0.391 e. The van der Waals surface area contributed by atoms with Gasteiger partial charge in [0.2, 0.25) is 5.91 Å². The van der Waals surface area contributed by atoms with E-state index in [1.807, 2.05) is 4.90 Å². The second-order valence-electron chi connectivity index (χ2n) is 6.86. The van der Waals surface area contributed by atoms with Gasteiger partial charge < -0.3 is 15.3 Å². The Morgan fingerprint density at radius 1 is 1.24 bits per heavy atom. The molecule has 0 spiro atoms. The molecule has 1 unspecified atom stereocenters. The summed E-state index contributed by atoms with van der Waals surface area (Å²) < 4.78 is 0. The zero-order chi connectivity index (χ0) is 12.8. The van der Waals surface area contributed by atoms with Crippen LogP contribution in [-0.4, -0.2) is 45.7 Å². The van der Waals surface area contributed by atoms with Crippen molar-refractivity contribution >= 4 is 5.91 Å². The minimum absolute atomic E-state index is 0.0419. The van der Waals surface area contributed by atoms with Gasteiger partial charge >= 0.3 is 0 Å². The molecular formula is C13H24N2O2. The van der Waals surface area contributed by atoms with Crippen molar-refractivity contribution < 1.29 is 9.90 Å². The van der Waals surface area contributed by atoms with Crippen LogP contribution < -0.4 is 5.32 Å². The zero-order valence-corrected chi connectivity index (χ0v) is 11.3. The van der Waals surface area contributed by atoms with Gasteiger partial charge in [-0.1, -0.05) is 0 Å².